The van der Waals surface area contributed by atoms with Crippen LogP contribution in [0.5, 0.6) is 0 Å². The zero-order chi connectivity index (χ0) is 27.6. The smallest absolute Gasteiger partial charge is 0.238 e. The van der Waals surface area contributed by atoms with Gasteiger partial charge in [0, 0.05) is 42.2 Å². The fourth-order valence-corrected chi connectivity index (χ4v) is 7.37. The third-order valence-corrected chi connectivity index (χ3v) is 9.16. The van der Waals surface area contributed by atoms with Crippen LogP contribution in [0, 0.1) is 0 Å². The van der Waals surface area contributed by atoms with E-state index >= 15 is 0 Å². The zero-order valence-electron chi connectivity index (χ0n) is 22.4. The molecule has 1 aliphatic heterocycles. The van der Waals surface area contributed by atoms with Crippen molar-refractivity contribution in [3.8, 4) is 33.9 Å². The molecule has 0 aliphatic carbocycles. The summed E-state index contributed by atoms with van der Waals surface area (Å²) in [6.07, 6.45) is 0. The van der Waals surface area contributed by atoms with Gasteiger partial charge in [0.05, 0.1) is 11.4 Å². The maximum Gasteiger partial charge on any atom is 0.238 e. The monoisotopic (exact) mass is 554 g/mol. The molecule has 0 saturated carbocycles. The summed E-state index contributed by atoms with van der Waals surface area (Å²) in [6.45, 7) is 0. The summed E-state index contributed by atoms with van der Waals surface area (Å²) in [7, 11) is 0. The average molecular weight is 555 g/mol. The van der Waals surface area contributed by atoms with E-state index in [0.717, 1.165) is 28.1 Å². The maximum atomic E-state index is 5.14. The minimum Gasteiger partial charge on any atom is -0.278 e. The highest BCUT2D eigenvalue weighted by Crippen LogP contribution is 2.53. The van der Waals surface area contributed by atoms with Crippen LogP contribution in [0.1, 0.15) is 0 Å². The number of hydrogen-bond acceptors (Lipinski definition) is 5. The molecule has 0 atom stereocenters. The molecule has 5 heteroatoms. The average Bonchev–Trinajstić information content (AvgIpc) is 3.44. The molecule has 1 aliphatic rings. The van der Waals surface area contributed by atoms with Crippen molar-refractivity contribution in [3.63, 3.8) is 0 Å². The summed E-state index contributed by atoms with van der Waals surface area (Å²) in [5.41, 5.74) is 6.44. The second-order valence-electron chi connectivity index (χ2n) is 10.5. The highest BCUT2D eigenvalue weighted by atomic mass is 32.1. The third kappa shape index (κ3) is 3.44. The molecule has 196 valence electrons. The Labute approximate surface area is 246 Å². The van der Waals surface area contributed by atoms with Crippen LogP contribution in [0.25, 0.3) is 64.8 Å². The number of fused-ring (bicyclic) bond motifs is 6. The van der Waals surface area contributed by atoms with Gasteiger partial charge in [-0.25, -0.2) is 4.98 Å². The van der Waals surface area contributed by atoms with E-state index in [4.69, 9.17) is 15.0 Å². The van der Waals surface area contributed by atoms with Crippen LogP contribution in [0.15, 0.2) is 133 Å². The first-order chi connectivity index (χ1) is 20.8. The van der Waals surface area contributed by atoms with Crippen molar-refractivity contribution >= 4 is 59.6 Å². The van der Waals surface area contributed by atoms with E-state index in [1.807, 2.05) is 47.7 Å². The van der Waals surface area contributed by atoms with Crippen LogP contribution in [0.4, 0.5) is 17.3 Å². The Bertz CT molecular complexity index is 2250. The van der Waals surface area contributed by atoms with Crippen LogP contribution in [0.2, 0.25) is 0 Å². The first-order valence-corrected chi connectivity index (χ1v) is 14.8. The largest absolute Gasteiger partial charge is 0.278 e. The molecule has 42 heavy (non-hydrogen) atoms. The highest BCUT2D eigenvalue weighted by Gasteiger charge is 2.30. The van der Waals surface area contributed by atoms with Gasteiger partial charge in [-0.1, -0.05) is 115 Å². The van der Waals surface area contributed by atoms with Crippen LogP contribution in [-0.4, -0.2) is 15.0 Å². The van der Waals surface area contributed by atoms with Gasteiger partial charge >= 0.3 is 0 Å². The summed E-state index contributed by atoms with van der Waals surface area (Å²) < 4.78 is 2.54. The second kappa shape index (κ2) is 9.06. The minimum atomic E-state index is 0.603. The van der Waals surface area contributed by atoms with Gasteiger partial charge in [-0.3, -0.25) is 4.90 Å². The third-order valence-electron chi connectivity index (χ3n) is 8.04. The standard InChI is InChI=1S/C37H22N4S/c1-3-12-23(13-4-1)35-38-36(24-14-5-2-6-15-24)40-37(39-35)41-29-20-9-7-16-25(29)26-18-11-19-28-33(26)30(41)22-32-34(28)27-17-8-10-21-31(27)42-32/h1-22H. The van der Waals surface area contributed by atoms with Crippen LogP contribution >= 0.6 is 11.3 Å². The molecule has 2 aromatic heterocycles. The van der Waals surface area contributed by atoms with E-state index in [1.165, 1.54) is 36.5 Å². The first kappa shape index (κ1) is 23.3. The predicted octanol–water partition coefficient (Wildman–Crippen LogP) is 10.2. The Hall–Kier alpha value is -5.39. The molecule has 9 rings (SSSR count). The van der Waals surface area contributed by atoms with E-state index in [0.29, 0.717) is 17.6 Å². The number of thiophene rings is 1. The summed E-state index contributed by atoms with van der Waals surface area (Å²) >= 11 is 1.83. The number of para-hydroxylation sites is 1. The van der Waals surface area contributed by atoms with Crippen molar-refractivity contribution in [1.29, 1.82) is 0 Å². The van der Waals surface area contributed by atoms with Crippen LogP contribution < -0.4 is 4.90 Å². The molecule has 3 heterocycles. The Kier molecular flexibility index (Phi) is 5.03. The van der Waals surface area contributed by atoms with E-state index in [-0.39, 0.29) is 0 Å². The Morgan fingerprint density at radius 3 is 1.83 bits per heavy atom. The molecule has 0 radical (unpaired) electrons. The predicted molar refractivity (Wildman–Crippen MR) is 175 cm³/mol. The van der Waals surface area contributed by atoms with Crippen molar-refractivity contribution in [1.82, 2.24) is 15.0 Å². The number of rotatable bonds is 3. The fourth-order valence-electron chi connectivity index (χ4n) is 6.22. The molecule has 0 bridgehead atoms. The van der Waals surface area contributed by atoms with E-state index in [2.05, 4.69) is 102 Å². The van der Waals surface area contributed by atoms with Crippen LogP contribution in [-0.2, 0) is 0 Å². The van der Waals surface area contributed by atoms with Crippen molar-refractivity contribution in [2.75, 3.05) is 4.90 Å². The molecular formula is C37H22N4S. The molecule has 0 amide bonds. The summed E-state index contributed by atoms with van der Waals surface area (Å²) in [6, 6.07) is 46.6. The summed E-state index contributed by atoms with van der Waals surface area (Å²) in [5.74, 6) is 1.90. The first-order valence-electron chi connectivity index (χ1n) is 14.0. The lowest BCUT2D eigenvalue weighted by molar-refractivity contribution is 1.02. The van der Waals surface area contributed by atoms with Crippen LogP contribution in [0.3, 0.4) is 0 Å². The lowest BCUT2D eigenvalue weighted by Gasteiger charge is -2.32. The number of anilines is 3. The van der Waals surface area contributed by atoms with Gasteiger partial charge in [0.2, 0.25) is 5.95 Å². The van der Waals surface area contributed by atoms with Crippen molar-refractivity contribution < 1.29 is 0 Å². The number of nitrogens with zero attached hydrogens (tertiary/aromatic N) is 4. The number of aromatic nitrogens is 3. The second-order valence-corrected chi connectivity index (χ2v) is 11.5. The van der Waals surface area contributed by atoms with E-state index < -0.39 is 0 Å². The molecular weight excluding hydrogens is 533 g/mol. The van der Waals surface area contributed by atoms with Gasteiger partial charge in [0.25, 0.3) is 0 Å². The Balaban J connectivity index is 1.40. The van der Waals surface area contributed by atoms with Crippen molar-refractivity contribution in [2.45, 2.75) is 0 Å². The number of hydrogen-bond donors (Lipinski definition) is 0. The molecule has 8 aromatic rings. The molecule has 0 unspecified atom stereocenters. The molecule has 0 N–H and O–H groups in total. The summed E-state index contributed by atoms with van der Waals surface area (Å²) in [5, 5.41) is 5.07. The normalized spacial score (nSPS) is 12.2. The lowest BCUT2D eigenvalue weighted by atomic mass is 9.89. The van der Waals surface area contributed by atoms with Gasteiger partial charge in [0.15, 0.2) is 11.6 Å². The van der Waals surface area contributed by atoms with Gasteiger partial charge in [-0.15, -0.1) is 11.3 Å². The van der Waals surface area contributed by atoms with Crippen molar-refractivity contribution in [2.24, 2.45) is 0 Å². The van der Waals surface area contributed by atoms with Gasteiger partial charge in [0.1, 0.15) is 0 Å². The summed E-state index contributed by atoms with van der Waals surface area (Å²) in [4.78, 5) is 17.5. The molecule has 0 saturated heterocycles. The SMILES string of the molecule is c1ccc(-c2nc(-c3ccccc3)nc(N3c4ccccc4-c4cccc5c4c3cc3sc4ccccc4c35)n2)cc1. The fraction of sp³-hybridized carbons (Fsp3) is 0. The molecule has 0 spiro atoms. The minimum absolute atomic E-state index is 0.603. The van der Waals surface area contributed by atoms with Gasteiger partial charge < -0.3 is 0 Å². The quantitative estimate of drug-likeness (QED) is 0.218. The van der Waals surface area contributed by atoms with Crippen molar-refractivity contribution in [3.05, 3.63) is 133 Å². The lowest BCUT2D eigenvalue weighted by Crippen LogP contribution is -2.18. The topological polar surface area (TPSA) is 41.9 Å². The van der Waals surface area contributed by atoms with Gasteiger partial charge in [-0.05, 0) is 29.1 Å². The highest BCUT2D eigenvalue weighted by molar-refractivity contribution is 7.26. The number of benzene rings is 6. The Morgan fingerprint density at radius 2 is 1.07 bits per heavy atom. The van der Waals surface area contributed by atoms with E-state index in [1.54, 1.807) is 0 Å². The molecule has 4 nitrogen and oxygen atoms in total. The van der Waals surface area contributed by atoms with Gasteiger partial charge in [-0.2, -0.15) is 9.97 Å². The zero-order valence-corrected chi connectivity index (χ0v) is 23.2. The van der Waals surface area contributed by atoms with E-state index in [9.17, 15) is 0 Å². The maximum absolute atomic E-state index is 5.14. The molecule has 6 aromatic carbocycles. The Morgan fingerprint density at radius 1 is 0.452 bits per heavy atom. The molecule has 0 fully saturated rings.